The molecule has 7 heteroatoms. The maximum atomic E-state index is 13.3. The van der Waals surface area contributed by atoms with Gasteiger partial charge in [0.15, 0.2) is 0 Å². The highest BCUT2D eigenvalue weighted by Gasteiger charge is 2.14. The second-order valence-electron chi connectivity index (χ2n) is 7.37. The number of fused-ring (bicyclic) bond motifs is 1. The lowest BCUT2D eigenvalue weighted by molar-refractivity contribution is -0.384. The van der Waals surface area contributed by atoms with Gasteiger partial charge in [0.25, 0.3) is 11.2 Å². The maximum absolute atomic E-state index is 13.3. The number of non-ortho nitro benzene ring substituents is 1. The molecule has 2 heterocycles. The molecule has 0 unspecified atom stereocenters. The third-order valence-corrected chi connectivity index (χ3v) is 6.25. The van der Waals surface area contributed by atoms with Crippen molar-refractivity contribution in [2.75, 3.05) is 0 Å². The minimum absolute atomic E-state index is 0.0220. The van der Waals surface area contributed by atoms with Crippen LogP contribution in [0.1, 0.15) is 5.56 Å². The minimum Gasteiger partial charge on any atom is -0.294 e. The summed E-state index contributed by atoms with van der Waals surface area (Å²) in [7, 11) is 0. The molecule has 0 bridgehead atoms. The molecular formula is C25H17N3O3S. The van der Waals surface area contributed by atoms with Crippen molar-refractivity contribution in [2.45, 2.75) is 6.54 Å². The minimum atomic E-state index is -0.440. The number of benzene rings is 3. The van der Waals surface area contributed by atoms with Crippen LogP contribution in [0.15, 0.2) is 95.4 Å². The van der Waals surface area contributed by atoms with Crippen molar-refractivity contribution < 1.29 is 4.92 Å². The number of nitro benzene ring substituents is 1. The van der Waals surface area contributed by atoms with Crippen molar-refractivity contribution in [3.63, 3.8) is 0 Å². The van der Waals surface area contributed by atoms with Gasteiger partial charge in [-0.3, -0.25) is 19.5 Å². The molecule has 2 aromatic heterocycles. The fraction of sp³-hybridized carbons (Fsp3) is 0.0400. The Morgan fingerprint density at radius 1 is 0.875 bits per heavy atom. The fourth-order valence-corrected chi connectivity index (χ4v) is 4.59. The van der Waals surface area contributed by atoms with Gasteiger partial charge in [0.1, 0.15) is 4.83 Å². The summed E-state index contributed by atoms with van der Waals surface area (Å²) in [6, 6.07) is 24.5. The largest absolute Gasteiger partial charge is 0.294 e. The van der Waals surface area contributed by atoms with Crippen molar-refractivity contribution in [1.29, 1.82) is 0 Å². The highest BCUT2D eigenvalue weighted by molar-refractivity contribution is 7.17. The fourth-order valence-electron chi connectivity index (χ4n) is 3.69. The first kappa shape index (κ1) is 19.8. The molecule has 0 fully saturated rings. The van der Waals surface area contributed by atoms with E-state index in [0.29, 0.717) is 16.8 Å². The van der Waals surface area contributed by atoms with E-state index in [0.717, 1.165) is 27.8 Å². The zero-order valence-corrected chi connectivity index (χ0v) is 17.7. The first-order valence-electron chi connectivity index (χ1n) is 9.96. The molecular weight excluding hydrogens is 422 g/mol. The molecule has 0 saturated heterocycles. The summed E-state index contributed by atoms with van der Waals surface area (Å²) < 4.78 is 1.54. The topological polar surface area (TPSA) is 78.0 Å². The maximum Gasteiger partial charge on any atom is 0.269 e. The average molecular weight is 439 g/mol. The van der Waals surface area contributed by atoms with Crippen LogP contribution in [0, 0.1) is 10.1 Å². The van der Waals surface area contributed by atoms with Crippen LogP contribution in [-0.4, -0.2) is 14.5 Å². The van der Waals surface area contributed by atoms with E-state index in [1.54, 1.807) is 12.1 Å². The number of rotatable bonds is 5. The van der Waals surface area contributed by atoms with E-state index in [1.807, 2.05) is 35.7 Å². The highest BCUT2D eigenvalue weighted by Crippen LogP contribution is 2.32. The predicted molar refractivity (Wildman–Crippen MR) is 127 cm³/mol. The summed E-state index contributed by atoms with van der Waals surface area (Å²) in [6.07, 6.45) is 1.53. The number of thiophene rings is 1. The van der Waals surface area contributed by atoms with Gasteiger partial charge in [-0.15, -0.1) is 11.3 Å². The van der Waals surface area contributed by atoms with Crippen molar-refractivity contribution in [3.05, 3.63) is 117 Å². The van der Waals surface area contributed by atoms with Crippen LogP contribution in [0.3, 0.4) is 0 Å². The van der Waals surface area contributed by atoms with Crippen molar-refractivity contribution >= 4 is 27.2 Å². The van der Waals surface area contributed by atoms with Crippen LogP contribution in [0.4, 0.5) is 5.69 Å². The molecule has 32 heavy (non-hydrogen) atoms. The van der Waals surface area contributed by atoms with Crippen LogP contribution < -0.4 is 5.56 Å². The quantitative estimate of drug-likeness (QED) is 0.258. The van der Waals surface area contributed by atoms with Gasteiger partial charge in [-0.25, -0.2) is 4.98 Å². The molecule has 0 amide bonds. The lowest BCUT2D eigenvalue weighted by atomic mass is 10.0. The molecule has 6 nitrogen and oxygen atoms in total. The summed E-state index contributed by atoms with van der Waals surface area (Å²) in [5.41, 5.74) is 4.76. The first-order chi connectivity index (χ1) is 15.6. The van der Waals surface area contributed by atoms with Crippen molar-refractivity contribution in [1.82, 2.24) is 9.55 Å². The molecule has 0 aliphatic rings. The Morgan fingerprint density at radius 3 is 2.22 bits per heavy atom. The molecule has 0 aliphatic carbocycles. The third kappa shape index (κ3) is 3.70. The van der Waals surface area contributed by atoms with E-state index < -0.39 is 4.92 Å². The summed E-state index contributed by atoms with van der Waals surface area (Å²) in [5.74, 6) is 0. The average Bonchev–Trinajstić information content (AvgIpc) is 3.27. The zero-order valence-electron chi connectivity index (χ0n) is 16.8. The number of aromatic nitrogens is 2. The van der Waals surface area contributed by atoms with E-state index in [2.05, 4.69) is 29.2 Å². The van der Waals surface area contributed by atoms with E-state index in [1.165, 1.54) is 34.4 Å². The molecule has 156 valence electrons. The molecule has 0 atom stereocenters. The molecule has 0 saturated carbocycles. The normalized spacial score (nSPS) is 11.0. The van der Waals surface area contributed by atoms with Crippen LogP contribution in [0.5, 0.6) is 0 Å². The van der Waals surface area contributed by atoms with Gasteiger partial charge in [-0.05, 0) is 22.3 Å². The molecule has 5 aromatic rings. The van der Waals surface area contributed by atoms with E-state index >= 15 is 0 Å². The van der Waals surface area contributed by atoms with Gasteiger partial charge < -0.3 is 0 Å². The number of nitrogens with zero attached hydrogens (tertiary/aromatic N) is 3. The van der Waals surface area contributed by atoms with Gasteiger partial charge in [0.05, 0.1) is 23.2 Å². The summed E-state index contributed by atoms with van der Waals surface area (Å²) in [4.78, 5) is 28.8. The molecule has 3 aromatic carbocycles. The molecule has 0 spiro atoms. The Bertz CT molecular complexity index is 1470. The van der Waals surface area contributed by atoms with Crippen molar-refractivity contribution in [3.8, 4) is 22.3 Å². The Balaban J connectivity index is 1.50. The van der Waals surface area contributed by atoms with Crippen LogP contribution in [0.2, 0.25) is 0 Å². The Kier molecular flexibility index (Phi) is 5.09. The Hall–Kier alpha value is -4.10. The van der Waals surface area contributed by atoms with Gasteiger partial charge in [-0.2, -0.15) is 0 Å². The molecule has 0 N–H and O–H groups in total. The number of hydrogen-bond donors (Lipinski definition) is 0. The van der Waals surface area contributed by atoms with Gasteiger partial charge in [-0.1, -0.05) is 66.7 Å². The Morgan fingerprint density at radius 2 is 1.53 bits per heavy atom. The molecule has 0 aliphatic heterocycles. The summed E-state index contributed by atoms with van der Waals surface area (Å²) in [6.45, 7) is 0.294. The van der Waals surface area contributed by atoms with Crippen LogP contribution >= 0.6 is 11.3 Å². The van der Waals surface area contributed by atoms with E-state index in [-0.39, 0.29) is 11.2 Å². The van der Waals surface area contributed by atoms with Gasteiger partial charge in [0, 0.05) is 23.1 Å². The van der Waals surface area contributed by atoms with E-state index in [4.69, 9.17) is 0 Å². The SMILES string of the molecule is O=c1c2c(-c3ccc(-c4ccccc4)cc3)csc2ncn1Cc1ccc([N+](=O)[O-])cc1. The standard InChI is InChI=1S/C25H17N3O3S/c29-25-23-22(20-10-8-19(9-11-20)18-4-2-1-3-5-18)15-32-24(23)26-16-27(25)14-17-6-12-21(13-7-17)28(30)31/h1-13,15-16H,14H2. The molecule has 5 rings (SSSR count). The van der Waals surface area contributed by atoms with E-state index in [9.17, 15) is 14.9 Å². The number of hydrogen-bond acceptors (Lipinski definition) is 5. The summed E-state index contributed by atoms with van der Waals surface area (Å²) in [5, 5.41) is 13.4. The van der Waals surface area contributed by atoms with Crippen LogP contribution in [0.25, 0.3) is 32.5 Å². The van der Waals surface area contributed by atoms with Gasteiger partial charge >= 0.3 is 0 Å². The molecule has 0 radical (unpaired) electrons. The lowest BCUT2D eigenvalue weighted by Gasteiger charge is -2.07. The lowest BCUT2D eigenvalue weighted by Crippen LogP contribution is -2.20. The smallest absolute Gasteiger partial charge is 0.269 e. The van der Waals surface area contributed by atoms with Crippen molar-refractivity contribution in [2.24, 2.45) is 0 Å². The third-order valence-electron chi connectivity index (χ3n) is 5.36. The van der Waals surface area contributed by atoms with Gasteiger partial charge in [0.2, 0.25) is 0 Å². The zero-order chi connectivity index (χ0) is 22.1. The second kappa shape index (κ2) is 8.20. The van der Waals surface area contributed by atoms with Crippen LogP contribution in [-0.2, 0) is 6.54 Å². The highest BCUT2D eigenvalue weighted by atomic mass is 32.1. The first-order valence-corrected chi connectivity index (χ1v) is 10.8. The predicted octanol–water partition coefficient (Wildman–Crippen LogP) is 5.75. The monoisotopic (exact) mass is 439 g/mol. The Labute approximate surface area is 187 Å². The second-order valence-corrected chi connectivity index (χ2v) is 8.23. The number of nitro groups is 1. The summed E-state index contributed by atoms with van der Waals surface area (Å²) >= 11 is 1.44.